The summed E-state index contributed by atoms with van der Waals surface area (Å²) in [6, 6.07) is 5.48. The van der Waals surface area contributed by atoms with Gasteiger partial charge < -0.3 is 0 Å². The molecule has 0 aliphatic rings. The molecule has 0 saturated heterocycles. The topological polar surface area (TPSA) is 0 Å². The van der Waals surface area contributed by atoms with Gasteiger partial charge in [0, 0.05) is 21.8 Å². The third-order valence-electron chi connectivity index (χ3n) is 2.31. The lowest BCUT2D eigenvalue weighted by Crippen LogP contribution is -2.24. The lowest BCUT2D eigenvalue weighted by molar-refractivity contribution is 0.425. The zero-order valence-corrected chi connectivity index (χ0v) is 11.4. The predicted molar refractivity (Wildman–Crippen MR) is 69.7 cm³/mol. The molecule has 15 heavy (non-hydrogen) atoms. The van der Waals surface area contributed by atoms with Gasteiger partial charge in [-0.2, -0.15) is 0 Å². The van der Waals surface area contributed by atoms with Crippen LogP contribution in [0.3, 0.4) is 0 Å². The van der Waals surface area contributed by atoms with E-state index >= 15 is 0 Å². The predicted octanol–water partition coefficient (Wildman–Crippen LogP) is 5.02. The summed E-state index contributed by atoms with van der Waals surface area (Å²) in [6.45, 7) is 2.02. The normalized spacial score (nSPS) is 11.8. The smallest absolute Gasteiger partial charge is 0.0453 e. The van der Waals surface area contributed by atoms with Gasteiger partial charge in [0.05, 0.1) is 0 Å². The van der Waals surface area contributed by atoms with E-state index in [9.17, 15) is 0 Å². The molecule has 0 aliphatic carbocycles. The SMILES string of the molecule is CC(CCl)(CCl)Cc1c(Cl)cccc1Cl. The Morgan fingerprint density at radius 3 is 1.93 bits per heavy atom. The van der Waals surface area contributed by atoms with Gasteiger partial charge in [-0.25, -0.2) is 0 Å². The summed E-state index contributed by atoms with van der Waals surface area (Å²) in [6.07, 6.45) is 0.693. The first-order valence-corrected chi connectivity index (χ1v) is 6.40. The Morgan fingerprint density at radius 2 is 1.53 bits per heavy atom. The lowest BCUT2D eigenvalue weighted by Gasteiger charge is -2.25. The Labute approximate surface area is 110 Å². The standard InChI is InChI=1S/C11H12Cl4/c1-11(6-12,7-13)5-8-9(14)3-2-4-10(8)15/h2-4H,5-7H2,1H3. The van der Waals surface area contributed by atoms with E-state index < -0.39 is 0 Å². The van der Waals surface area contributed by atoms with Crippen LogP contribution in [0, 0.1) is 5.41 Å². The van der Waals surface area contributed by atoms with Crippen molar-refractivity contribution < 1.29 is 0 Å². The molecule has 0 heterocycles. The van der Waals surface area contributed by atoms with Crippen molar-refractivity contribution in [1.82, 2.24) is 0 Å². The van der Waals surface area contributed by atoms with Crippen molar-refractivity contribution >= 4 is 46.4 Å². The maximum absolute atomic E-state index is 6.08. The summed E-state index contributed by atoms with van der Waals surface area (Å²) in [5, 5.41) is 1.34. The molecular weight excluding hydrogens is 274 g/mol. The molecule has 0 radical (unpaired) electrons. The monoisotopic (exact) mass is 284 g/mol. The van der Waals surface area contributed by atoms with Crippen LogP contribution in [0.15, 0.2) is 18.2 Å². The van der Waals surface area contributed by atoms with Gasteiger partial charge in [0.2, 0.25) is 0 Å². The summed E-state index contributed by atoms with van der Waals surface area (Å²) in [5.74, 6) is 0.968. The zero-order valence-electron chi connectivity index (χ0n) is 8.37. The van der Waals surface area contributed by atoms with Crippen molar-refractivity contribution in [3.63, 3.8) is 0 Å². The molecule has 0 saturated carbocycles. The van der Waals surface area contributed by atoms with Crippen LogP contribution >= 0.6 is 46.4 Å². The maximum atomic E-state index is 6.08. The van der Waals surface area contributed by atoms with Crippen molar-refractivity contribution in [3.05, 3.63) is 33.8 Å². The van der Waals surface area contributed by atoms with Crippen LogP contribution in [0.4, 0.5) is 0 Å². The highest BCUT2D eigenvalue weighted by Crippen LogP contribution is 2.33. The van der Waals surface area contributed by atoms with Gasteiger partial charge in [-0.15, -0.1) is 23.2 Å². The molecule has 0 amide bonds. The van der Waals surface area contributed by atoms with Crippen molar-refractivity contribution in [1.29, 1.82) is 0 Å². The molecule has 0 spiro atoms. The van der Waals surface area contributed by atoms with Crippen LogP contribution in [0.5, 0.6) is 0 Å². The van der Waals surface area contributed by atoms with Gasteiger partial charge in [0.25, 0.3) is 0 Å². The second kappa shape index (κ2) is 5.63. The molecule has 0 atom stereocenters. The first-order chi connectivity index (χ1) is 7.02. The van der Waals surface area contributed by atoms with E-state index in [0.717, 1.165) is 5.56 Å². The third-order valence-corrected chi connectivity index (χ3v) is 4.31. The quantitative estimate of drug-likeness (QED) is 0.682. The van der Waals surface area contributed by atoms with E-state index in [1.54, 1.807) is 0 Å². The highest BCUT2D eigenvalue weighted by molar-refractivity contribution is 6.36. The van der Waals surface area contributed by atoms with Crippen molar-refractivity contribution in [2.75, 3.05) is 11.8 Å². The summed E-state index contributed by atoms with van der Waals surface area (Å²) in [4.78, 5) is 0. The Hall–Kier alpha value is 0.380. The molecule has 0 unspecified atom stereocenters. The molecule has 0 aromatic heterocycles. The summed E-state index contributed by atoms with van der Waals surface area (Å²) < 4.78 is 0. The maximum Gasteiger partial charge on any atom is 0.0453 e. The van der Waals surface area contributed by atoms with E-state index in [0.29, 0.717) is 28.2 Å². The van der Waals surface area contributed by atoms with E-state index in [-0.39, 0.29) is 5.41 Å². The minimum Gasteiger partial charge on any atom is -0.126 e. The number of rotatable bonds is 4. The molecule has 1 rings (SSSR count). The molecule has 0 fully saturated rings. The van der Waals surface area contributed by atoms with E-state index in [2.05, 4.69) is 0 Å². The minimum atomic E-state index is -0.169. The van der Waals surface area contributed by atoms with Gasteiger partial charge in [-0.1, -0.05) is 36.2 Å². The van der Waals surface area contributed by atoms with Crippen molar-refractivity contribution in [2.45, 2.75) is 13.3 Å². The van der Waals surface area contributed by atoms with E-state index in [1.165, 1.54) is 0 Å². The second-order valence-corrected chi connectivity index (χ2v) is 5.30. The van der Waals surface area contributed by atoms with E-state index in [4.69, 9.17) is 46.4 Å². The molecule has 1 aromatic carbocycles. The van der Waals surface area contributed by atoms with Gasteiger partial charge in [0.15, 0.2) is 0 Å². The van der Waals surface area contributed by atoms with Gasteiger partial charge >= 0.3 is 0 Å². The molecular formula is C11H12Cl4. The Bertz CT molecular complexity index is 311. The Morgan fingerprint density at radius 1 is 1.07 bits per heavy atom. The van der Waals surface area contributed by atoms with Crippen LogP contribution in [-0.4, -0.2) is 11.8 Å². The average molecular weight is 286 g/mol. The molecule has 0 bridgehead atoms. The Kier molecular flexibility index (Phi) is 5.05. The van der Waals surface area contributed by atoms with Crippen molar-refractivity contribution in [2.24, 2.45) is 5.41 Å². The van der Waals surface area contributed by atoms with Crippen LogP contribution in [0.2, 0.25) is 10.0 Å². The fourth-order valence-corrected chi connectivity index (χ4v) is 2.26. The molecule has 0 N–H and O–H groups in total. The second-order valence-electron chi connectivity index (χ2n) is 3.95. The third kappa shape index (κ3) is 3.42. The van der Waals surface area contributed by atoms with Crippen LogP contribution in [0.25, 0.3) is 0 Å². The number of halogens is 4. The molecule has 4 heteroatoms. The van der Waals surface area contributed by atoms with Gasteiger partial charge in [-0.05, 0) is 29.5 Å². The Balaban J connectivity index is 2.98. The lowest BCUT2D eigenvalue weighted by atomic mass is 9.87. The molecule has 84 valence electrons. The summed E-state index contributed by atoms with van der Waals surface area (Å²) in [7, 11) is 0. The zero-order chi connectivity index (χ0) is 11.5. The van der Waals surface area contributed by atoms with Crippen LogP contribution < -0.4 is 0 Å². The number of benzene rings is 1. The van der Waals surface area contributed by atoms with E-state index in [1.807, 2.05) is 25.1 Å². The molecule has 1 aromatic rings. The highest BCUT2D eigenvalue weighted by Gasteiger charge is 2.24. The number of alkyl halides is 2. The molecule has 0 aliphatic heterocycles. The van der Waals surface area contributed by atoms with Gasteiger partial charge in [-0.3, -0.25) is 0 Å². The number of hydrogen-bond donors (Lipinski definition) is 0. The van der Waals surface area contributed by atoms with Gasteiger partial charge in [0.1, 0.15) is 0 Å². The summed E-state index contributed by atoms with van der Waals surface area (Å²) >= 11 is 23.9. The van der Waals surface area contributed by atoms with Crippen LogP contribution in [0.1, 0.15) is 12.5 Å². The average Bonchev–Trinajstić information content (AvgIpc) is 2.23. The van der Waals surface area contributed by atoms with Crippen LogP contribution in [-0.2, 0) is 6.42 Å². The summed E-state index contributed by atoms with van der Waals surface area (Å²) in [5.41, 5.74) is 0.752. The minimum absolute atomic E-state index is 0.169. The fourth-order valence-electron chi connectivity index (χ4n) is 1.26. The fraction of sp³-hybridized carbons (Fsp3) is 0.455. The molecule has 0 nitrogen and oxygen atoms in total. The first kappa shape index (κ1) is 13.4. The van der Waals surface area contributed by atoms with Crippen molar-refractivity contribution in [3.8, 4) is 0 Å². The number of hydrogen-bond acceptors (Lipinski definition) is 0. The highest BCUT2D eigenvalue weighted by atomic mass is 35.5. The largest absolute Gasteiger partial charge is 0.126 e. The first-order valence-electron chi connectivity index (χ1n) is 4.57.